The van der Waals surface area contributed by atoms with Crippen LogP contribution in [0.3, 0.4) is 0 Å². The number of pyridine rings is 1. The van der Waals surface area contributed by atoms with Crippen molar-refractivity contribution in [1.82, 2.24) is 15.2 Å². The maximum absolute atomic E-state index is 12.3. The van der Waals surface area contributed by atoms with Crippen LogP contribution in [-0.2, 0) is 11.3 Å². The normalized spacial score (nSPS) is 10.1. The minimum Gasteiger partial charge on any atom is -0.465 e. The number of hydrogen-bond acceptors (Lipinski definition) is 7. The van der Waals surface area contributed by atoms with Gasteiger partial charge < -0.3 is 15.4 Å². The fourth-order valence-electron chi connectivity index (χ4n) is 2.28. The summed E-state index contributed by atoms with van der Waals surface area (Å²) in [6.07, 6.45) is 3.43. The third kappa shape index (κ3) is 4.85. The van der Waals surface area contributed by atoms with E-state index in [0.29, 0.717) is 23.6 Å². The average molecular weight is 363 g/mol. The summed E-state index contributed by atoms with van der Waals surface area (Å²) in [5.41, 5.74) is 2.02. The van der Waals surface area contributed by atoms with Crippen molar-refractivity contribution in [1.29, 1.82) is 0 Å². The predicted molar refractivity (Wildman–Crippen MR) is 99.3 cm³/mol. The van der Waals surface area contributed by atoms with Gasteiger partial charge in [-0.1, -0.05) is 6.07 Å². The Kier molecular flexibility index (Phi) is 5.68. The van der Waals surface area contributed by atoms with E-state index >= 15 is 0 Å². The highest BCUT2D eigenvalue weighted by molar-refractivity contribution is 6.03. The summed E-state index contributed by atoms with van der Waals surface area (Å²) in [5.74, 6) is -0.350. The van der Waals surface area contributed by atoms with E-state index in [4.69, 9.17) is 0 Å². The van der Waals surface area contributed by atoms with Crippen LogP contribution in [0.5, 0.6) is 0 Å². The molecule has 0 saturated heterocycles. The van der Waals surface area contributed by atoms with Crippen molar-refractivity contribution in [2.45, 2.75) is 6.54 Å². The van der Waals surface area contributed by atoms with Crippen molar-refractivity contribution in [3.63, 3.8) is 0 Å². The van der Waals surface area contributed by atoms with E-state index in [1.54, 1.807) is 42.7 Å². The lowest BCUT2D eigenvalue weighted by Crippen LogP contribution is -2.15. The average Bonchev–Trinajstić information content (AvgIpc) is 2.73. The van der Waals surface area contributed by atoms with Crippen LogP contribution in [0, 0.1) is 0 Å². The van der Waals surface area contributed by atoms with Gasteiger partial charge in [0.25, 0.3) is 5.91 Å². The fourth-order valence-corrected chi connectivity index (χ4v) is 2.28. The Balaban J connectivity index is 1.61. The van der Waals surface area contributed by atoms with E-state index in [1.807, 2.05) is 12.1 Å². The molecular formula is C19H17N5O3. The second-order valence-corrected chi connectivity index (χ2v) is 5.54. The van der Waals surface area contributed by atoms with E-state index in [1.165, 1.54) is 13.2 Å². The van der Waals surface area contributed by atoms with Gasteiger partial charge in [0.2, 0.25) is 0 Å². The molecule has 0 spiro atoms. The Hall–Kier alpha value is -3.81. The van der Waals surface area contributed by atoms with Gasteiger partial charge >= 0.3 is 5.97 Å². The molecular weight excluding hydrogens is 346 g/mol. The number of methoxy groups -OCH3 is 1. The van der Waals surface area contributed by atoms with Gasteiger partial charge in [-0.05, 0) is 48.0 Å². The molecule has 2 aromatic heterocycles. The second-order valence-electron chi connectivity index (χ2n) is 5.54. The number of anilines is 2. The number of nitrogens with one attached hydrogen (secondary N) is 2. The smallest absolute Gasteiger partial charge is 0.337 e. The Labute approximate surface area is 155 Å². The van der Waals surface area contributed by atoms with Crippen molar-refractivity contribution in [3.8, 4) is 0 Å². The number of nitrogens with zero attached hydrogens (tertiary/aromatic N) is 3. The molecule has 0 aliphatic heterocycles. The lowest BCUT2D eigenvalue weighted by atomic mass is 10.2. The largest absolute Gasteiger partial charge is 0.465 e. The molecule has 0 atom stereocenters. The zero-order valence-corrected chi connectivity index (χ0v) is 14.5. The SMILES string of the molecule is COC(=O)c1cccc(NC(=O)c2ccc(NCc3ccncc3)nn2)c1. The highest BCUT2D eigenvalue weighted by Gasteiger charge is 2.11. The van der Waals surface area contributed by atoms with Crippen LogP contribution in [0.25, 0.3) is 0 Å². The van der Waals surface area contributed by atoms with Crippen molar-refractivity contribution in [3.05, 3.63) is 77.7 Å². The number of rotatable bonds is 6. The van der Waals surface area contributed by atoms with Crippen molar-refractivity contribution in [2.75, 3.05) is 17.7 Å². The van der Waals surface area contributed by atoms with Crippen molar-refractivity contribution in [2.24, 2.45) is 0 Å². The van der Waals surface area contributed by atoms with E-state index in [2.05, 4.69) is 30.6 Å². The number of ether oxygens (including phenoxy) is 1. The molecule has 2 N–H and O–H groups in total. The van der Waals surface area contributed by atoms with Gasteiger partial charge in [-0.2, -0.15) is 0 Å². The molecule has 8 heteroatoms. The minimum absolute atomic E-state index is 0.160. The molecule has 0 unspecified atom stereocenters. The van der Waals surface area contributed by atoms with Crippen molar-refractivity contribution < 1.29 is 14.3 Å². The van der Waals surface area contributed by atoms with E-state index in [0.717, 1.165) is 5.56 Å². The summed E-state index contributed by atoms with van der Waals surface area (Å²) in [7, 11) is 1.30. The molecule has 3 rings (SSSR count). The van der Waals surface area contributed by atoms with Gasteiger partial charge in [0, 0.05) is 24.6 Å². The number of carbonyl (C=O) groups is 2. The summed E-state index contributed by atoms with van der Waals surface area (Å²) < 4.78 is 4.66. The molecule has 0 saturated carbocycles. The molecule has 0 aliphatic rings. The van der Waals surface area contributed by atoms with Gasteiger partial charge in [0.15, 0.2) is 5.69 Å². The van der Waals surface area contributed by atoms with E-state index < -0.39 is 11.9 Å². The Morgan fingerprint density at radius 3 is 2.56 bits per heavy atom. The zero-order chi connectivity index (χ0) is 19.1. The summed E-state index contributed by atoms with van der Waals surface area (Å²) in [6, 6.07) is 13.5. The standard InChI is InChI=1S/C19H17N5O3/c1-27-19(26)14-3-2-4-15(11-14)22-18(25)16-5-6-17(24-23-16)21-12-13-7-9-20-10-8-13/h2-11H,12H2,1H3,(H,21,24)(H,22,25). The molecule has 1 amide bonds. The third-order valence-electron chi connectivity index (χ3n) is 3.66. The molecule has 136 valence electrons. The third-order valence-corrected chi connectivity index (χ3v) is 3.66. The molecule has 0 radical (unpaired) electrons. The van der Waals surface area contributed by atoms with Crippen LogP contribution >= 0.6 is 0 Å². The number of esters is 1. The molecule has 1 aromatic carbocycles. The molecule has 3 aromatic rings. The first-order valence-electron chi connectivity index (χ1n) is 8.12. The maximum atomic E-state index is 12.3. The molecule has 27 heavy (non-hydrogen) atoms. The number of benzene rings is 1. The topological polar surface area (TPSA) is 106 Å². The first-order valence-corrected chi connectivity index (χ1v) is 8.12. The maximum Gasteiger partial charge on any atom is 0.337 e. The number of aromatic nitrogens is 3. The number of amides is 1. The summed E-state index contributed by atoms with van der Waals surface area (Å²) in [4.78, 5) is 27.8. The van der Waals surface area contributed by atoms with Crippen LogP contribution in [0.1, 0.15) is 26.4 Å². The molecule has 0 bridgehead atoms. The summed E-state index contributed by atoms with van der Waals surface area (Å²) in [5, 5.41) is 13.7. The minimum atomic E-state index is -0.476. The number of carbonyl (C=O) groups excluding carboxylic acids is 2. The van der Waals surface area contributed by atoms with Gasteiger partial charge in [0.1, 0.15) is 5.82 Å². The van der Waals surface area contributed by atoms with Gasteiger partial charge in [0.05, 0.1) is 12.7 Å². The quantitative estimate of drug-likeness (QED) is 0.648. The van der Waals surface area contributed by atoms with Gasteiger partial charge in [-0.3, -0.25) is 9.78 Å². The molecule has 2 heterocycles. The van der Waals surface area contributed by atoms with Crippen LogP contribution in [0.15, 0.2) is 60.9 Å². The van der Waals surface area contributed by atoms with E-state index in [-0.39, 0.29) is 5.69 Å². The molecule has 0 fully saturated rings. The van der Waals surface area contributed by atoms with Crippen LogP contribution < -0.4 is 10.6 Å². The lowest BCUT2D eigenvalue weighted by Gasteiger charge is -2.07. The van der Waals surface area contributed by atoms with Crippen LogP contribution in [0.4, 0.5) is 11.5 Å². The van der Waals surface area contributed by atoms with Crippen molar-refractivity contribution >= 4 is 23.4 Å². The predicted octanol–water partition coefficient (Wildman–Crippen LogP) is 2.52. The Morgan fingerprint density at radius 2 is 1.85 bits per heavy atom. The number of hydrogen-bond donors (Lipinski definition) is 2. The first kappa shape index (κ1) is 18.0. The second kappa shape index (κ2) is 8.52. The van der Waals surface area contributed by atoms with Gasteiger partial charge in [-0.25, -0.2) is 4.79 Å². The zero-order valence-electron chi connectivity index (χ0n) is 14.5. The van der Waals surface area contributed by atoms with Crippen LogP contribution in [0.2, 0.25) is 0 Å². The highest BCUT2D eigenvalue weighted by atomic mass is 16.5. The highest BCUT2D eigenvalue weighted by Crippen LogP contribution is 2.13. The van der Waals surface area contributed by atoms with Gasteiger partial charge in [-0.15, -0.1) is 10.2 Å². The first-order chi connectivity index (χ1) is 13.2. The summed E-state index contributed by atoms with van der Waals surface area (Å²) >= 11 is 0. The molecule has 8 nitrogen and oxygen atoms in total. The fraction of sp³-hybridized carbons (Fsp3) is 0.105. The lowest BCUT2D eigenvalue weighted by molar-refractivity contribution is 0.0600. The Morgan fingerprint density at radius 1 is 1.04 bits per heavy atom. The molecule has 0 aliphatic carbocycles. The monoisotopic (exact) mass is 363 g/mol. The van der Waals surface area contributed by atoms with E-state index in [9.17, 15) is 9.59 Å². The van der Waals surface area contributed by atoms with Crippen LogP contribution in [-0.4, -0.2) is 34.2 Å². The summed E-state index contributed by atoms with van der Waals surface area (Å²) in [6.45, 7) is 0.572. The Bertz CT molecular complexity index is 930.